The number of benzene rings is 2. The van der Waals surface area contributed by atoms with Gasteiger partial charge in [-0.1, -0.05) is 48.5 Å². The van der Waals surface area contributed by atoms with E-state index in [1.165, 1.54) is 22.4 Å². The summed E-state index contributed by atoms with van der Waals surface area (Å²) in [4.78, 5) is 3.08. The van der Waals surface area contributed by atoms with E-state index in [4.69, 9.17) is 0 Å². The Morgan fingerprint density at radius 1 is 0.800 bits per heavy atom. The SMILES string of the molecule is c1ccc(Cc2ccccc2NCc2cc[nH]c2)cc1. The van der Waals surface area contributed by atoms with Gasteiger partial charge in [0.1, 0.15) is 0 Å². The molecule has 2 nitrogen and oxygen atoms in total. The van der Waals surface area contributed by atoms with E-state index in [2.05, 4.69) is 71.0 Å². The third kappa shape index (κ3) is 3.09. The molecule has 0 spiro atoms. The van der Waals surface area contributed by atoms with Crippen LogP contribution in [0, 0.1) is 0 Å². The summed E-state index contributed by atoms with van der Waals surface area (Å²) in [6.45, 7) is 0.843. The first-order valence-electron chi connectivity index (χ1n) is 6.89. The first-order valence-corrected chi connectivity index (χ1v) is 6.89. The van der Waals surface area contributed by atoms with Crippen LogP contribution in [-0.4, -0.2) is 4.98 Å². The van der Waals surface area contributed by atoms with Crippen LogP contribution in [0.25, 0.3) is 0 Å². The van der Waals surface area contributed by atoms with E-state index in [1.807, 2.05) is 12.4 Å². The van der Waals surface area contributed by atoms with Crippen molar-refractivity contribution in [1.29, 1.82) is 0 Å². The van der Waals surface area contributed by atoms with Gasteiger partial charge in [0.25, 0.3) is 0 Å². The molecular weight excluding hydrogens is 244 g/mol. The van der Waals surface area contributed by atoms with Crippen LogP contribution < -0.4 is 5.32 Å². The predicted octanol–water partition coefficient (Wildman–Crippen LogP) is 4.22. The van der Waals surface area contributed by atoms with Crippen LogP contribution in [0.3, 0.4) is 0 Å². The van der Waals surface area contributed by atoms with E-state index in [0.29, 0.717) is 0 Å². The predicted molar refractivity (Wildman–Crippen MR) is 83.8 cm³/mol. The quantitative estimate of drug-likeness (QED) is 0.708. The standard InChI is InChI=1S/C18H18N2/c1-2-6-15(7-3-1)12-17-8-4-5-9-18(17)20-14-16-10-11-19-13-16/h1-11,13,19-20H,12,14H2. The van der Waals surface area contributed by atoms with Crippen molar-refractivity contribution in [3.8, 4) is 0 Å². The summed E-state index contributed by atoms with van der Waals surface area (Å²) < 4.78 is 0. The second-order valence-corrected chi connectivity index (χ2v) is 4.89. The molecule has 3 rings (SSSR count). The maximum Gasteiger partial charge on any atom is 0.0415 e. The van der Waals surface area contributed by atoms with Gasteiger partial charge in [0.2, 0.25) is 0 Å². The molecule has 0 bridgehead atoms. The summed E-state index contributed by atoms with van der Waals surface area (Å²) in [5.41, 5.74) is 5.13. The number of para-hydroxylation sites is 1. The van der Waals surface area contributed by atoms with Gasteiger partial charge in [0, 0.05) is 24.6 Å². The number of hydrogen-bond donors (Lipinski definition) is 2. The summed E-state index contributed by atoms with van der Waals surface area (Å²) in [5.74, 6) is 0. The van der Waals surface area contributed by atoms with Crippen LogP contribution in [0.2, 0.25) is 0 Å². The van der Waals surface area contributed by atoms with Gasteiger partial charge in [0.05, 0.1) is 0 Å². The van der Waals surface area contributed by atoms with Crippen molar-refractivity contribution in [3.63, 3.8) is 0 Å². The molecule has 0 amide bonds. The number of rotatable bonds is 5. The van der Waals surface area contributed by atoms with Gasteiger partial charge < -0.3 is 10.3 Å². The molecule has 2 N–H and O–H groups in total. The molecule has 0 saturated heterocycles. The fourth-order valence-electron chi connectivity index (χ4n) is 2.33. The van der Waals surface area contributed by atoms with Crippen molar-refractivity contribution >= 4 is 5.69 Å². The molecule has 0 aliphatic carbocycles. The highest BCUT2D eigenvalue weighted by Gasteiger charge is 2.03. The second-order valence-electron chi connectivity index (χ2n) is 4.89. The highest BCUT2D eigenvalue weighted by molar-refractivity contribution is 5.53. The molecule has 2 heteroatoms. The summed E-state index contributed by atoms with van der Waals surface area (Å²) >= 11 is 0. The highest BCUT2D eigenvalue weighted by atomic mass is 14.9. The first-order chi connectivity index (χ1) is 9.92. The zero-order valence-corrected chi connectivity index (χ0v) is 11.3. The fourth-order valence-corrected chi connectivity index (χ4v) is 2.33. The van der Waals surface area contributed by atoms with E-state index in [0.717, 1.165) is 13.0 Å². The van der Waals surface area contributed by atoms with Gasteiger partial charge in [-0.15, -0.1) is 0 Å². The third-order valence-corrected chi connectivity index (χ3v) is 3.40. The summed E-state index contributed by atoms with van der Waals surface area (Å²) in [7, 11) is 0. The van der Waals surface area contributed by atoms with Crippen molar-refractivity contribution in [1.82, 2.24) is 4.98 Å². The average molecular weight is 262 g/mol. The molecule has 0 fully saturated rings. The highest BCUT2D eigenvalue weighted by Crippen LogP contribution is 2.19. The van der Waals surface area contributed by atoms with E-state index in [-0.39, 0.29) is 0 Å². The molecule has 20 heavy (non-hydrogen) atoms. The van der Waals surface area contributed by atoms with Gasteiger partial charge in [0.15, 0.2) is 0 Å². The first kappa shape index (κ1) is 12.5. The molecule has 0 aliphatic rings. The zero-order valence-electron chi connectivity index (χ0n) is 11.3. The van der Waals surface area contributed by atoms with Gasteiger partial charge in [-0.2, -0.15) is 0 Å². The lowest BCUT2D eigenvalue weighted by Gasteiger charge is -2.11. The van der Waals surface area contributed by atoms with Crippen molar-refractivity contribution in [2.75, 3.05) is 5.32 Å². The lowest BCUT2D eigenvalue weighted by Crippen LogP contribution is -2.02. The van der Waals surface area contributed by atoms with Crippen molar-refractivity contribution in [2.45, 2.75) is 13.0 Å². The van der Waals surface area contributed by atoms with E-state index in [9.17, 15) is 0 Å². The molecule has 2 aromatic carbocycles. The minimum absolute atomic E-state index is 0.843. The minimum atomic E-state index is 0.843. The lowest BCUT2D eigenvalue weighted by atomic mass is 10.0. The number of anilines is 1. The van der Waals surface area contributed by atoms with Crippen LogP contribution in [0.4, 0.5) is 5.69 Å². The number of aromatic nitrogens is 1. The average Bonchev–Trinajstić information content (AvgIpc) is 3.01. The topological polar surface area (TPSA) is 27.8 Å². The smallest absolute Gasteiger partial charge is 0.0415 e. The zero-order chi connectivity index (χ0) is 13.6. The summed E-state index contributed by atoms with van der Waals surface area (Å²) in [6.07, 6.45) is 4.93. The van der Waals surface area contributed by atoms with Crippen molar-refractivity contribution in [2.24, 2.45) is 0 Å². The normalized spacial score (nSPS) is 10.4. The number of H-pyrrole nitrogens is 1. The van der Waals surface area contributed by atoms with Crippen LogP contribution in [0.15, 0.2) is 73.1 Å². The Labute approximate surface area is 119 Å². The molecule has 0 atom stereocenters. The Morgan fingerprint density at radius 3 is 2.40 bits per heavy atom. The lowest BCUT2D eigenvalue weighted by molar-refractivity contribution is 1.12. The number of nitrogens with one attached hydrogen (secondary N) is 2. The van der Waals surface area contributed by atoms with Gasteiger partial charge >= 0.3 is 0 Å². The Bertz CT molecular complexity index is 642. The minimum Gasteiger partial charge on any atom is -0.381 e. The van der Waals surface area contributed by atoms with Gasteiger partial charge in [-0.25, -0.2) is 0 Å². The van der Waals surface area contributed by atoms with Crippen LogP contribution in [0.5, 0.6) is 0 Å². The number of hydrogen-bond acceptors (Lipinski definition) is 1. The van der Waals surface area contributed by atoms with E-state index < -0.39 is 0 Å². The molecule has 1 aromatic heterocycles. The molecule has 1 heterocycles. The van der Waals surface area contributed by atoms with Crippen molar-refractivity contribution in [3.05, 3.63) is 89.7 Å². The monoisotopic (exact) mass is 262 g/mol. The van der Waals surface area contributed by atoms with E-state index >= 15 is 0 Å². The summed E-state index contributed by atoms with van der Waals surface area (Å²) in [6, 6.07) is 21.2. The molecule has 100 valence electrons. The number of aromatic amines is 1. The Morgan fingerprint density at radius 2 is 1.60 bits per heavy atom. The molecule has 0 radical (unpaired) electrons. The molecule has 0 aliphatic heterocycles. The maximum atomic E-state index is 3.52. The van der Waals surface area contributed by atoms with E-state index in [1.54, 1.807) is 0 Å². The molecule has 0 saturated carbocycles. The largest absolute Gasteiger partial charge is 0.381 e. The Kier molecular flexibility index (Phi) is 3.83. The van der Waals surface area contributed by atoms with Crippen LogP contribution in [0.1, 0.15) is 16.7 Å². The summed E-state index contributed by atoms with van der Waals surface area (Å²) in [5, 5.41) is 3.52. The van der Waals surface area contributed by atoms with Crippen molar-refractivity contribution < 1.29 is 0 Å². The molecule has 0 unspecified atom stereocenters. The van der Waals surface area contributed by atoms with Crippen LogP contribution >= 0.6 is 0 Å². The Hall–Kier alpha value is -2.48. The molecular formula is C18H18N2. The fraction of sp³-hybridized carbons (Fsp3) is 0.111. The second kappa shape index (κ2) is 6.11. The molecule has 3 aromatic rings. The van der Waals surface area contributed by atoms with Gasteiger partial charge in [-0.05, 0) is 35.2 Å². The van der Waals surface area contributed by atoms with Crippen LogP contribution in [-0.2, 0) is 13.0 Å². The maximum absolute atomic E-state index is 3.52. The van der Waals surface area contributed by atoms with Gasteiger partial charge in [-0.3, -0.25) is 0 Å². The Balaban J connectivity index is 1.74. The third-order valence-electron chi connectivity index (χ3n) is 3.40.